The van der Waals surface area contributed by atoms with Crippen molar-refractivity contribution in [3.63, 3.8) is 0 Å². The molecule has 0 saturated heterocycles. The van der Waals surface area contributed by atoms with Crippen LogP contribution in [-0.2, 0) is 12.6 Å². The molecule has 0 fully saturated rings. The van der Waals surface area contributed by atoms with Crippen molar-refractivity contribution in [1.82, 2.24) is 15.4 Å². The molecule has 0 aliphatic rings. The molecule has 24 heavy (non-hydrogen) atoms. The van der Waals surface area contributed by atoms with E-state index in [9.17, 15) is 13.2 Å². The monoisotopic (exact) mass is 354 g/mol. The van der Waals surface area contributed by atoms with E-state index >= 15 is 0 Å². The normalized spacial score (nSPS) is 12.5. The molecule has 0 amide bonds. The Morgan fingerprint density at radius 1 is 1.42 bits per heavy atom. The van der Waals surface area contributed by atoms with Crippen molar-refractivity contribution >= 4 is 17.0 Å². The van der Waals surface area contributed by atoms with Crippen LogP contribution in [0.1, 0.15) is 23.2 Å². The number of pyridine rings is 1. The van der Waals surface area contributed by atoms with E-state index in [1.54, 1.807) is 0 Å². The molecule has 0 aromatic carbocycles. The Balaban J connectivity index is 2.47. The number of allylic oxidation sites excluding steroid dienone is 1. The minimum absolute atomic E-state index is 0.0351. The molecule has 10 heteroatoms. The minimum Gasteiger partial charge on any atom is -0.395 e. The number of nitrogens with two attached hydrogens (primary N) is 2. The van der Waals surface area contributed by atoms with Gasteiger partial charge in [0, 0.05) is 16.6 Å². The van der Waals surface area contributed by atoms with Gasteiger partial charge in [-0.25, -0.2) is 10.8 Å². The van der Waals surface area contributed by atoms with Crippen LogP contribution in [0, 0.1) is 11.3 Å². The highest BCUT2D eigenvalue weighted by molar-refractivity contribution is 7.15. The summed E-state index contributed by atoms with van der Waals surface area (Å²) < 4.78 is 37.7. The highest BCUT2D eigenvalue weighted by atomic mass is 32.1. The lowest BCUT2D eigenvalue weighted by atomic mass is 10.2. The van der Waals surface area contributed by atoms with E-state index in [2.05, 4.69) is 15.4 Å². The molecule has 0 bridgehead atoms. The molecule has 0 saturated carbocycles. The summed E-state index contributed by atoms with van der Waals surface area (Å²) in [6.07, 6.45) is -2.80. The Hall–Kier alpha value is -2.64. The fraction of sp³-hybridized carbons (Fsp3) is 0.214. The molecule has 2 rings (SSSR count). The minimum atomic E-state index is -4.50. The third kappa shape index (κ3) is 3.47. The molecule has 2 aromatic rings. The predicted molar refractivity (Wildman–Crippen MR) is 83.8 cm³/mol. The van der Waals surface area contributed by atoms with Crippen LogP contribution in [0.15, 0.2) is 24.0 Å². The first kappa shape index (κ1) is 17.7. The van der Waals surface area contributed by atoms with Crippen LogP contribution in [0.3, 0.4) is 0 Å². The van der Waals surface area contributed by atoms with Crippen molar-refractivity contribution in [2.24, 2.45) is 11.6 Å². The summed E-state index contributed by atoms with van der Waals surface area (Å²) in [5.41, 5.74) is 7.98. The van der Waals surface area contributed by atoms with E-state index in [0.717, 1.165) is 17.1 Å². The first-order valence-corrected chi connectivity index (χ1v) is 7.53. The van der Waals surface area contributed by atoms with E-state index in [1.165, 1.54) is 17.4 Å². The fourth-order valence-corrected chi connectivity index (χ4v) is 2.91. The zero-order chi connectivity index (χ0) is 17.9. The number of hydrogen-bond acceptors (Lipinski definition) is 7. The Bertz CT molecular complexity index is 801. The van der Waals surface area contributed by atoms with Crippen molar-refractivity contribution in [2.45, 2.75) is 19.5 Å². The molecule has 0 unspecified atom stereocenters. The van der Waals surface area contributed by atoms with Crippen LogP contribution >= 0.6 is 11.3 Å². The molecule has 0 aliphatic carbocycles. The SMILES string of the molecule is CCc1sc(-c2ccc(C(F)(F)F)nc2)nc1/C(N)=C(\C#N)NN. The summed E-state index contributed by atoms with van der Waals surface area (Å²) in [5, 5.41) is 9.44. The number of thiazole rings is 1. The van der Waals surface area contributed by atoms with Crippen LogP contribution in [0.5, 0.6) is 0 Å². The van der Waals surface area contributed by atoms with Crippen LogP contribution in [0.2, 0.25) is 0 Å². The average molecular weight is 354 g/mol. The zero-order valence-corrected chi connectivity index (χ0v) is 13.3. The van der Waals surface area contributed by atoms with E-state index in [1.807, 2.05) is 13.0 Å². The van der Waals surface area contributed by atoms with Gasteiger partial charge in [-0.05, 0) is 18.6 Å². The molecule has 126 valence electrons. The lowest BCUT2D eigenvalue weighted by molar-refractivity contribution is -0.141. The van der Waals surface area contributed by atoms with Crippen molar-refractivity contribution < 1.29 is 13.2 Å². The van der Waals surface area contributed by atoms with E-state index in [0.29, 0.717) is 22.7 Å². The Labute approximate surface area is 139 Å². The van der Waals surface area contributed by atoms with Gasteiger partial charge < -0.3 is 11.2 Å². The van der Waals surface area contributed by atoms with Crippen LogP contribution < -0.4 is 17.0 Å². The van der Waals surface area contributed by atoms with Gasteiger partial charge in [0.05, 0.1) is 5.70 Å². The summed E-state index contributed by atoms with van der Waals surface area (Å²) in [7, 11) is 0. The van der Waals surface area contributed by atoms with Crippen LogP contribution in [0.25, 0.3) is 16.3 Å². The lowest BCUT2D eigenvalue weighted by Gasteiger charge is -2.05. The summed E-state index contributed by atoms with van der Waals surface area (Å²) in [5.74, 6) is 5.24. The Morgan fingerprint density at radius 2 is 2.12 bits per heavy atom. The highest BCUT2D eigenvalue weighted by Gasteiger charge is 2.32. The van der Waals surface area contributed by atoms with Gasteiger partial charge in [0.2, 0.25) is 0 Å². The molecule has 0 radical (unpaired) electrons. The topological polar surface area (TPSA) is 114 Å². The smallest absolute Gasteiger partial charge is 0.395 e. The number of alkyl halides is 3. The fourth-order valence-electron chi connectivity index (χ4n) is 1.90. The molecule has 0 spiro atoms. The maximum Gasteiger partial charge on any atom is 0.433 e. The average Bonchev–Trinajstić information content (AvgIpc) is 2.99. The number of hydrogen-bond donors (Lipinski definition) is 3. The summed E-state index contributed by atoms with van der Waals surface area (Å²) in [4.78, 5) is 8.53. The number of aromatic nitrogens is 2. The van der Waals surface area contributed by atoms with Crippen LogP contribution in [0.4, 0.5) is 13.2 Å². The maximum atomic E-state index is 12.6. The van der Waals surface area contributed by atoms with Gasteiger partial charge in [0.15, 0.2) is 5.70 Å². The number of nitrogens with one attached hydrogen (secondary N) is 1. The van der Waals surface area contributed by atoms with Gasteiger partial charge in [-0.3, -0.25) is 4.98 Å². The van der Waals surface area contributed by atoms with E-state index in [-0.39, 0.29) is 11.4 Å². The molecule has 0 aliphatic heterocycles. The molecule has 0 atom stereocenters. The van der Waals surface area contributed by atoms with E-state index in [4.69, 9.17) is 16.8 Å². The number of nitriles is 1. The van der Waals surface area contributed by atoms with Gasteiger partial charge in [0.1, 0.15) is 22.5 Å². The summed E-state index contributed by atoms with van der Waals surface area (Å²) in [6, 6.07) is 4.01. The Morgan fingerprint density at radius 3 is 2.58 bits per heavy atom. The van der Waals surface area contributed by atoms with Crippen molar-refractivity contribution in [1.29, 1.82) is 5.26 Å². The third-order valence-corrected chi connectivity index (χ3v) is 4.35. The lowest BCUT2D eigenvalue weighted by Crippen LogP contribution is -2.23. The number of halogens is 3. The number of aryl methyl sites for hydroxylation is 1. The molecule has 5 N–H and O–H groups in total. The Kier molecular flexibility index (Phi) is 5.06. The quantitative estimate of drug-likeness (QED) is 0.441. The summed E-state index contributed by atoms with van der Waals surface area (Å²) >= 11 is 1.27. The van der Waals surface area contributed by atoms with Gasteiger partial charge in [-0.15, -0.1) is 11.3 Å². The molecular weight excluding hydrogens is 341 g/mol. The van der Waals surface area contributed by atoms with Crippen molar-refractivity contribution in [2.75, 3.05) is 0 Å². The second-order valence-corrected chi connectivity index (χ2v) is 5.70. The molecule has 2 heterocycles. The maximum absolute atomic E-state index is 12.6. The van der Waals surface area contributed by atoms with Gasteiger partial charge in [0.25, 0.3) is 0 Å². The zero-order valence-electron chi connectivity index (χ0n) is 12.5. The highest BCUT2D eigenvalue weighted by Crippen LogP contribution is 2.33. The first-order chi connectivity index (χ1) is 11.3. The number of nitrogens with zero attached hydrogens (tertiary/aromatic N) is 3. The first-order valence-electron chi connectivity index (χ1n) is 6.72. The van der Waals surface area contributed by atoms with Gasteiger partial charge in [-0.2, -0.15) is 18.4 Å². The number of hydrazine groups is 1. The van der Waals surface area contributed by atoms with Gasteiger partial charge in [-0.1, -0.05) is 6.92 Å². The van der Waals surface area contributed by atoms with Crippen molar-refractivity contribution in [3.8, 4) is 16.6 Å². The standard InChI is InChI=1S/C14H13F3N6S/c1-2-9-12(11(19)8(5-18)23-20)22-13(24-9)7-3-4-10(21-6-7)14(15,16)17/h3-4,6,23H,2,19-20H2,1H3/b11-8-. The second-order valence-electron chi connectivity index (χ2n) is 4.62. The molecular formula is C14H13F3N6S. The van der Waals surface area contributed by atoms with Crippen molar-refractivity contribution in [3.05, 3.63) is 40.3 Å². The second kappa shape index (κ2) is 6.86. The molecule has 2 aromatic heterocycles. The van der Waals surface area contributed by atoms with Gasteiger partial charge >= 0.3 is 6.18 Å². The largest absolute Gasteiger partial charge is 0.433 e. The predicted octanol–water partition coefficient (Wildman–Crippen LogP) is 2.40. The van der Waals surface area contributed by atoms with Crippen LogP contribution in [-0.4, -0.2) is 9.97 Å². The number of rotatable bonds is 4. The molecule has 6 nitrogen and oxygen atoms in total. The third-order valence-electron chi connectivity index (χ3n) is 3.10. The summed E-state index contributed by atoms with van der Waals surface area (Å²) in [6.45, 7) is 1.88. The van der Waals surface area contributed by atoms with E-state index < -0.39 is 11.9 Å².